The Kier molecular flexibility index (Phi) is 5.41. The Morgan fingerprint density at radius 2 is 1.63 bits per heavy atom. The molecule has 0 aliphatic heterocycles. The van der Waals surface area contributed by atoms with Crippen LogP contribution in [0.5, 0.6) is 0 Å². The lowest BCUT2D eigenvalue weighted by atomic mass is 10.1. The highest BCUT2D eigenvalue weighted by Gasteiger charge is 2.35. The van der Waals surface area contributed by atoms with E-state index in [9.17, 15) is 23.5 Å². The summed E-state index contributed by atoms with van der Waals surface area (Å²) in [5, 5.41) is 14.7. The van der Waals surface area contributed by atoms with Crippen LogP contribution in [0.2, 0.25) is 0 Å². The Morgan fingerprint density at radius 3 is 2.23 bits per heavy atom. The molecular weight excluding hydrogens is 392 g/mol. The Labute approximate surface area is 171 Å². The van der Waals surface area contributed by atoms with Crippen LogP contribution >= 0.6 is 0 Å². The maximum atomic E-state index is 13.2. The number of hydrogen-bond donors (Lipinski definition) is 1. The van der Waals surface area contributed by atoms with Gasteiger partial charge in [-0.2, -0.15) is 9.78 Å². The zero-order valence-corrected chi connectivity index (χ0v) is 15.9. The first kappa shape index (κ1) is 19.9. The highest BCUT2D eigenvalue weighted by Crippen LogP contribution is 2.30. The van der Waals surface area contributed by atoms with Gasteiger partial charge in [0.15, 0.2) is 0 Å². The van der Waals surface area contributed by atoms with Crippen LogP contribution in [0.25, 0.3) is 5.69 Å². The quantitative estimate of drug-likeness (QED) is 0.677. The first-order valence-corrected chi connectivity index (χ1v) is 9.53. The van der Waals surface area contributed by atoms with Crippen LogP contribution in [0, 0.1) is 11.6 Å². The van der Waals surface area contributed by atoms with Gasteiger partial charge in [-0.15, -0.1) is 0 Å². The molecule has 1 unspecified atom stereocenters. The predicted molar refractivity (Wildman–Crippen MR) is 105 cm³/mol. The predicted octanol–water partition coefficient (Wildman–Crippen LogP) is 2.85. The molecule has 0 saturated heterocycles. The summed E-state index contributed by atoms with van der Waals surface area (Å²) in [5.41, 5.74) is 0.416. The lowest BCUT2D eigenvalue weighted by molar-refractivity contribution is 0.0595. The third-order valence-electron chi connectivity index (χ3n) is 4.96. The van der Waals surface area contributed by atoms with E-state index in [0.717, 1.165) is 17.5 Å². The van der Waals surface area contributed by atoms with Crippen molar-refractivity contribution in [3.05, 3.63) is 93.9 Å². The van der Waals surface area contributed by atoms with E-state index in [1.165, 1.54) is 65.6 Å². The molecule has 30 heavy (non-hydrogen) atoms. The summed E-state index contributed by atoms with van der Waals surface area (Å²) in [6, 6.07) is 13.2. The molecule has 1 aliphatic carbocycles. The molecule has 4 rings (SSSR count). The van der Waals surface area contributed by atoms with Crippen molar-refractivity contribution in [2.45, 2.75) is 25.0 Å². The number of hydrogen-bond acceptors (Lipinski definition) is 4. The van der Waals surface area contributed by atoms with Crippen LogP contribution in [0.15, 0.2) is 65.5 Å². The molecule has 154 valence electrons. The van der Waals surface area contributed by atoms with Crippen LogP contribution in [-0.2, 0) is 0 Å². The topological polar surface area (TPSA) is 75.4 Å². The van der Waals surface area contributed by atoms with Crippen LogP contribution in [-0.4, -0.2) is 38.3 Å². The van der Waals surface area contributed by atoms with E-state index in [0.29, 0.717) is 11.3 Å². The number of carbonyl (C=O) groups excluding carboxylic acids is 1. The van der Waals surface area contributed by atoms with Crippen molar-refractivity contribution in [1.82, 2.24) is 14.7 Å². The van der Waals surface area contributed by atoms with Gasteiger partial charge in [0.25, 0.3) is 11.5 Å². The summed E-state index contributed by atoms with van der Waals surface area (Å²) >= 11 is 0. The number of halogens is 2. The number of nitrogens with zero attached hydrogens (tertiary/aromatic N) is 3. The summed E-state index contributed by atoms with van der Waals surface area (Å²) in [5.74, 6) is -1.28. The number of amides is 1. The highest BCUT2D eigenvalue weighted by molar-refractivity contribution is 5.92. The Hall–Kier alpha value is -3.39. The van der Waals surface area contributed by atoms with Crippen molar-refractivity contribution >= 4 is 5.91 Å². The molecule has 1 aliphatic rings. The molecule has 1 amide bonds. The van der Waals surface area contributed by atoms with Gasteiger partial charge in [-0.1, -0.05) is 12.1 Å². The van der Waals surface area contributed by atoms with E-state index >= 15 is 0 Å². The Morgan fingerprint density at radius 1 is 1.03 bits per heavy atom. The van der Waals surface area contributed by atoms with Crippen LogP contribution < -0.4 is 5.56 Å². The molecule has 1 saturated carbocycles. The minimum atomic E-state index is -0.988. The summed E-state index contributed by atoms with van der Waals surface area (Å²) < 4.78 is 27.3. The fraction of sp³-hybridized carbons (Fsp3) is 0.227. The van der Waals surface area contributed by atoms with E-state index in [1.807, 2.05) is 0 Å². The number of benzene rings is 2. The Bertz CT molecular complexity index is 1110. The van der Waals surface area contributed by atoms with Gasteiger partial charge in [0.2, 0.25) is 0 Å². The normalized spacial score (nSPS) is 14.4. The minimum absolute atomic E-state index is 0.0203. The third-order valence-corrected chi connectivity index (χ3v) is 4.96. The number of aliphatic hydroxyl groups is 1. The average Bonchev–Trinajstić information content (AvgIpc) is 3.58. The van der Waals surface area contributed by atoms with Gasteiger partial charge >= 0.3 is 0 Å². The fourth-order valence-corrected chi connectivity index (χ4v) is 3.20. The molecule has 1 heterocycles. The average molecular weight is 411 g/mol. The molecular formula is C22H19F2N3O3. The van der Waals surface area contributed by atoms with Crippen LogP contribution in [0.3, 0.4) is 0 Å². The largest absolute Gasteiger partial charge is 0.387 e. The minimum Gasteiger partial charge on any atom is -0.387 e. The van der Waals surface area contributed by atoms with Gasteiger partial charge in [0.05, 0.1) is 18.3 Å². The van der Waals surface area contributed by atoms with Crippen molar-refractivity contribution in [1.29, 1.82) is 0 Å². The van der Waals surface area contributed by atoms with E-state index < -0.39 is 29.2 Å². The van der Waals surface area contributed by atoms with E-state index in [-0.39, 0.29) is 18.3 Å². The molecule has 1 fully saturated rings. The van der Waals surface area contributed by atoms with E-state index in [2.05, 4.69) is 5.10 Å². The number of rotatable bonds is 6. The first-order valence-electron chi connectivity index (χ1n) is 9.53. The molecule has 1 N–H and O–H groups in total. The lowest BCUT2D eigenvalue weighted by Crippen LogP contribution is -2.38. The second-order valence-corrected chi connectivity index (χ2v) is 7.20. The van der Waals surface area contributed by atoms with Crippen molar-refractivity contribution in [2.24, 2.45) is 0 Å². The highest BCUT2D eigenvalue weighted by atomic mass is 19.1. The Balaban J connectivity index is 1.59. The van der Waals surface area contributed by atoms with E-state index in [4.69, 9.17) is 0 Å². The van der Waals surface area contributed by atoms with Gasteiger partial charge in [-0.25, -0.2) is 8.78 Å². The molecule has 2 aromatic carbocycles. The summed E-state index contributed by atoms with van der Waals surface area (Å²) in [4.78, 5) is 26.8. The molecule has 6 nitrogen and oxygen atoms in total. The number of carbonyl (C=O) groups is 1. The van der Waals surface area contributed by atoms with Crippen molar-refractivity contribution in [3.63, 3.8) is 0 Å². The summed E-state index contributed by atoms with van der Waals surface area (Å²) in [6.07, 6.45) is 0.622. The maximum Gasteiger partial charge on any atom is 0.274 e. The second kappa shape index (κ2) is 8.16. The maximum absolute atomic E-state index is 13.2. The SMILES string of the molecule is O=C(c1ccc(=O)n(-c2ccc(F)cc2)n1)N(CC(O)c1ccc(F)cc1)C1CC1. The fourth-order valence-electron chi connectivity index (χ4n) is 3.20. The molecule has 0 spiro atoms. The van der Waals surface area contributed by atoms with Gasteiger partial charge in [-0.05, 0) is 60.9 Å². The van der Waals surface area contributed by atoms with Gasteiger partial charge in [0.1, 0.15) is 17.3 Å². The van der Waals surface area contributed by atoms with Gasteiger partial charge in [0, 0.05) is 12.1 Å². The number of aliphatic hydroxyl groups excluding tert-OH is 1. The monoisotopic (exact) mass is 411 g/mol. The second-order valence-electron chi connectivity index (χ2n) is 7.20. The van der Waals surface area contributed by atoms with Gasteiger partial charge < -0.3 is 10.0 Å². The smallest absolute Gasteiger partial charge is 0.274 e. The first-order chi connectivity index (χ1) is 14.4. The summed E-state index contributed by atoms with van der Waals surface area (Å²) in [7, 11) is 0. The zero-order chi connectivity index (χ0) is 21.3. The molecule has 0 bridgehead atoms. The molecule has 1 aromatic heterocycles. The molecule has 1 atom stereocenters. The van der Waals surface area contributed by atoms with E-state index in [1.54, 1.807) is 0 Å². The van der Waals surface area contributed by atoms with Crippen molar-refractivity contribution in [2.75, 3.05) is 6.54 Å². The van der Waals surface area contributed by atoms with Gasteiger partial charge in [-0.3, -0.25) is 9.59 Å². The third kappa shape index (κ3) is 4.28. The van der Waals surface area contributed by atoms with Crippen molar-refractivity contribution < 1.29 is 18.7 Å². The number of aromatic nitrogens is 2. The zero-order valence-electron chi connectivity index (χ0n) is 15.9. The molecule has 0 radical (unpaired) electrons. The van der Waals surface area contributed by atoms with Crippen LogP contribution in [0.4, 0.5) is 8.78 Å². The molecule has 3 aromatic rings. The summed E-state index contributed by atoms with van der Waals surface area (Å²) in [6.45, 7) is 0.0203. The van der Waals surface area contributed by atoms with Crippen molar-refractivity contribution in [3.8, 4) is 5.69 Å². The van der Waals surface area contributed by atoms with Crippen LogP contribution in [0.1, 0.15) is 35.0 Å². The molecule has 8 heteroatoms. The lowest BCUT2D eigenvalue weighted by Gasteiger charge is -2.25. The standard InChI is InChI=1S/C22H19F2N3O3/c23-15-3-1-14(2-4-15)20(28)13-26(17-9-10-17)22(30)19-11-12-21(29)27(25-19)18-7-5-16(24)6-8-18/h1-8,11-12,17,20,28H,9-10,13H2.